The van der Waals surface area contributed by atoms with Crippen LogP contribution in [0.2, 0.25) is 0 Å². The smallest absolute Gasteiger partial charge is 0.00199 e. The van der Waals surface area contributed by atoms with Gasteiger partial charge in [-0.2, -0.15) is 0 Å². The van der Waals surface area contributed by atoms with Crippen LogP contribution < -0.4 is 0 Å². The second kappa shape index (κ2) is 4.98. The molecule has 0 aliphatic heterocycles. The molecule has 0 bridgehead atoms. The summed E-state index contributed by atoms with van der Waals surface area (Å²) in [5.41, 5.74) is 0. The third-order valence-corrected chi connectivity index (χ3v) is 7.11. The largest absolute Gasteiger partial charge is 0.0610 e. The first-order valence-corrected chi connectivity index (χ1v) is 10.5. The fraction of sp³-hybridized carbons (Fsp3) is 0. The highest BCUT2D eigenvalue weighted by molar-refractivity contribution is 6.38. The molecule has 8 aromatic rings. The van der Waals surface area contributed by atoms with Crippen molar-refractivity contribution in [3.05, 3.63) is 97.1 Å². The quantitative estimate of drug-likeness (QED) is 0.248. The molecule has 0 saturated carbocycles. The summed E-state index contributed by atoms with van der Waals surface area (Å²) in [7, 11) is 0. The molecule has 0 N–H and O–H groups in total. The SMILES string of the molecule is c1cc2cccc3c4cc5c(ccc6c7cccc8cccc(c87)c56)cc4c(c1)c23. The first-order valence-electron chi connectivity index (χ1n) is 10.5. The van der Waals surface area contributed by atoms with E-state index in [1.807, 2.05) is 0 Å². The minimum absolute atomic E-state index is 1.32. The van der Waals surface area contributed by atoms with Gasteiger partial charge in [-0.15, -0.1) is 0 Å². The summed E-state index contributed by atoms with van der Waals surface area (Å²) in [5.74, 6) is 0. The zero-order valence-corrected chi connectivity index (χ0v) is 16.2. The zero-order chi connectivity index (χ0) is 19.4. The Balaban J connectivity index is 1.69. The van der Waals surface area contributed by atoms with Gasteiger partial charge in [0.1, 0.15) is 0 Å². The van der Waals surface area contributed by atoms with Gasteiger partial charge in [0.05, 0.1) is 0 Å². The van der Waals surface area contributed by atoms with Crippen LogP contribution in [0.4, 0.5) is 0 Å². The third-order valence-electron chi connectivity index (χ3n) is 7.11. The second-order valence-electron chi connectivity index (χ2n) is 8.53. The molecule has 30 heavy (non-hydrogen) atoms. The van der Waals surface area contributed by atoms with Gasteiger partial charge in [0, 0.05) is 0 Å². The van der Waals surface area contributed by atoms with Crippen molar-refractivity contribution in [2.24, 2.45) is 0 Å². The summed E-state index contributed by atoms with van der Waals surface area (Å²) in [6, 6.07) is 36.2. The van der Waals surface area contributed by atoms with E-state index in [1.165, 1.54) is 75.4 Å². The van der Waals surface area contributed by atoms with Crippen molar-refractivity contribution in [2.75, 3.05) is 0 Å². The molecule has 0 heterocycles. The van der Waals surface area contributed by atoms with E-state index in [2.05, 4.69) is 97.1 Å². The number of hydrogen-bond donors (Lipinski definition) is 0. The van der Waals surface area contributed by atoms with E-state index in [0.717, 1.165) is 0 Å². The summed E-state index contributed by atoms with van der Waals surface area (Å²) in [4.78, 5) is 0. The third kappa shape index (κ3) is 1.62. The van der Waals surface area contributed by atoms with Crippen molar-refractivity contribution in [1.29, 1.82) is 0 Å². The van der Waals surface area contributed by atoms with Gasteiger partial charge in [-0.25, -0.2) is 0 Å². The molecule has 0 heteroatoms. The van der Waals surface area contributed by atoms with Crippen LogP contribution in [-0.4, -0.2) is 0 Å². The summed E-state index contributed by atoms with van der Waals surface area (Å²) < 4.78 is 0. The highest BCUT2D eigenvalue weighted by Gasteiger charge is 2.16. The van der Waals surface area contributed by atoms with Crippen LogP contribution in [0.5, 0.6) is 0 Å². The topological polar surface area (TPSA) is 0 Å². The number of benzene rings is 6. The molecule has 0 saturated heterocycles. The van der Waals surface area contributed by atoms with Gasteiger partial charge in [-0.05, 0) is 87.5 Å². The Morgan fingerprint density at radius 1 is 0.267 bits per heavy atom. The highest BCUT2D eigenvalue weighted by Crippen LogP contribution is 2.45. The lowest BCUT2D eigenvalue weighted by molar-refractivity contribution is 1.85. The fourth-order valence-electron chi connectivity index (χ4n) is 5.90. The summed E-state index contributed by atoms with van der Waals surface area (Å²) in [5, 5.41) is 19.1. The first-order chi connectivity index (χ1) is 14.9. The normalized spacial score (nSPS) is 12.7. The molecule has 0 fully saturated rings. The maximum Gasteiger partial charge on any atom is -0.00199 e. The minimum atomic E-state index is 1.32. The van der Waals surface area contributed by atoms with Crippen molar-refractivity contribution in [2.45, 2.75) is 0 Å². The van der Waals surface area contributed by atoms with E-state index >= 15 is 0 Å². The van der Waals surface area contributed by atoms with Crippen LogP contribution in [0.1, 0.15) is 0 Å². The number of fused-ring (bicyclic) bond motifs is 8. The van der Waals surface area contributed by atoms with E-state index < -0.39 is 0 Å². The molecule has 0 aromatic heterocycles. The summed E-state index contributed by atoms with van der Waals surface area (Å²) in [6.45, 7) is 0. The molecule has 0 atom stereocenters. The van der Waals surface area contributed by atoms with Crippen molar-refractivity contribution in [3.63, 3.8) is 0 Å². The Morgan fingerprint density at radius 3 is 1.43 bits per heavy atom. The molecule has 0 spiro atoms. The van der Waals surface area contributed by atoms with Gasteiger partial charge in [-0.3, -0.25) is 0 Å². The maximum atomic E-state index is 2.45. The Labute approximate surface area is 172 Å². The zero-order valence-electron chi connectivity index (χ0n) is 16.2. The van der Waals surface area contributed by atoms with Crippen LogP contribution >= 0.6 is 0 Å². The van der Waals surface area contributed by atoms with E-state index in [1.54, 1.807) is 0 Å². The highest BCUT2D eigenvalue weighted by atomic mass is 14.2. The minimum Gasteiger partial charge on any atom is -0.0610 e. The lowest BCUT2D eigenvalue weighted by Gasteiger charge is -2.04. The molecular formula is C30H16. The lowest BCUT2D eigenvalue weighted by Crippen LogP contribution is -1.76. The van der Waals surface area contributed by atoms with Crippen molar-refractivity contribution in [1.82, 2.24) is 0 Å². The van der Waals surface area contributed by atoms with Crippen LogP contribution in [0.25, 0.3) is 75.4 Å². The van der Waals surface area contributed by atoms with Gasteiger partial charge in [0.2, 0.25) is 0 Å². The van der Waals surface area contributed by atoms with Gasteiger partial charge in [0.15, 0.2) is 0 Å². The second-order valence-corrected chi connectivity index (χ2v) is 8.53. The monoisotopic (exact) mass is 376 g/mol. The van der Waals surface area contributed by atoms with Crippen LogP contribution in [-0.2, 0) is 0 Å². The Bertz CT molecular complexity index is 1920. The predicted molar refractivity (Wildman–Crippen MR) is 131 cm³/mol. The summed E-state index contributed by atoms with van der Waals surface area (Å²) >= 11 is 0. The predicted octanol–water partition coefficient (Wildman–Crippen LogP) is 8.63. The molecule has 0 amide bonds. The number of hydrogen-bond acceptors (Lipinski definition) is 0. The van der Waals surface area contributed by atoms with E-state index in [-0.39, 0.29) is 0 Å². The van der Waals surface area contributed by atoms with Gasteiger partial charge in [0.25, 0.3) is 0 Å². The van der Waals surface area contributed by atoms with Gasteiger partial charge >= 0.3 is 0 Å². The van der Waals surface area contributed by atoms with E-state index in [0.29, 0.717) is 0 Å². The molecule has 0 aliphatic rings. The van der Waals surface area contributed by atoms with Crippen molar-refractivity contribution >= 4 is 75.4 Å². The molecule has 0 nitrogen and oxygen atoms in total. The molecule has 8 rings (SSSR count). The van der Waals surface area contributed by atoms with Crippen molar-refractivity contribution in [3.8, 4) is 0 Å². The average molecular weight is 376 g/mol. The van der Waals surface area contributed by atoms with Gasteiger partial charge < -0.3 is 0 Å². The molecule has 0 radical (unpaired) electrons. The van der Waals surface area contributed by atoms with Crippen LogP contribution in [0, 0.1) is 0 Å². The van der Waals surface area contributed by atoms with Crippen LogP contribution in [0.15, 0.2) is 97.1 Å². The Hall–Kier alpha value is -3.90. The maximum absolute atomic E-state index is 2.45. The molecular weight excluding hydrogens is 360 g/mol. The van der Waals surface area contributed by atoms with Crippen LogP contribution in [0.3, 0.4) is 0 Å². The van der Waals surface area contributed by atoms with E-state index in [4.69, 9.17) is 0 Å². The number of rotatable bonds is 0. The molecule has 8 aromatic carbocycles. The lowest BCUT2D eigenvalue weighted by atomic mass is 10.00. The Morgan fingerprint density at radius 2 is 0.767 bits per heavy atom. The standard InChI is InChI=1S/C30H16/c1-7-18-8-4-12-24-29(18)20(9-1)23-14-13-19-15-26-21-10-2-5-17-6-3-11-22(28(17)21)27(26)16-25(19)30(23)24/h1-16H. The summed E-state index contributed by atoms with van der Waals surface area (Å²) in [6.07, 6.45) is 0. The van der Waals surface area contributed by atoms with E-state index in [9.17, 15) is 0 Å². The van der Waals surface area contributed by atoms with Crippen molar-refractivity contribution < 1.29 is 0 Å². The average Bonchev–Trinajstić information content (AvgIpc) is 3.29. The van der Waals surface area contributed by atoms with Gasteiger partial charge in [-0.1, -0.05) is 84.9 Å². The fourth-order valence-corrected chi connectivity index (χ4v) is 5.90. The molecule has 0 unspecified atom stereocenters. The molecule has 136 valence electrons. The Kier molecular flexibility index (Phi) is 2.49. The molecule has 0 aliphatic carbocycles. The first kappa shape index (κ1) is 15.0.